The number of H-pyrrole nitrogens is 2. The van der Waals surface area contributed by atoms with Crippen LogP contribution in [0.3, 0.4) is 0 Å². The van der Waals surface area contributed by atoms with E-state index >= 15 is 0 Å². The number of pyridine rings is 1. The second kappa shape index (κ2) is 4.98. The highest BCUT2D eigenvalue weighted by molar-refractivity contribution is 6.30. The monoisotopic (exact) mass is 285 g/mol. The molecule has 0 aliphatic rings. The summed E-state index contributed by atoms with van der Waals surface area (Å²) in [4.78, 5) is 14.7. The SMILES string of the molecule is Cc1[nH]nc(-c2cccc(Cl)c2)c1-c1ccc[nH]c1=O. The Balaban J connectivity index is 2.26. The van der Waals surface area contributed by atoms with Gasteiger partial charge in [-0.1, -0.05) is 23.7 Å². The van der Waals surface area contributed by atoms with E-state index in [4.69, 9.17) is 11.6 Å². The standard InChI is InChI=1S/C15H12ClN3O/c1-9-13(12-6-3-7-17-15(12)20)14(19-18-9)10-4-2-5-11(16)8-10/h2-8H,1H3,(H,17,20)(H,18,19). The zero-order chi connectivity index (χ0) is 14.1. The lowest BCUT2D eigenvalue weighted by molar-refractivity contribution is 1.05. The number of benzene rings is 1. The maximum atomic E-state index is 12.0. The van der Waals surface area contributed by atoms with E-state index in [1.54, 1.807) is 24.4 Å². The van der Waals surface area contributed by atoms with E-state index in [1.807, 2.05) is 25.1 Å². The first-order chi connectivity index (χ1) is 9.66. The smallest absolute Gasteiger partial charge is 0.255 e. The fourth-order valence-electron chi connectivity index (χ4n) is 2.22. The second-order valence-corrected chi connectivity index (χ2v) is 4.93. The van der Waals surface area contributed by atoms with Crippen molar-refractivity contribution in [1.29, 1.82) is 0 Å². The normalized spacial score (nSPS) is 10.7. The lowest BCUT2D eigenvalue weighted by Gasteiger charge is -2.04. The van der Waals surface area contributed by atoms with Gasteiger partial charge in [-0.05, 0) is 31.2 Å². The van der Waals surface area contributed by atoms with Crippen LogP contribution in [0.1, 0.15) is 5.69 Å². The molecule has 4 nitrogen and oxygen atoms in total. The topological polar surface area (TPSA) is 61.5 Å². The summed E-state index contributed by atoms with van der Waals surface area (Å²) in [6, 6.07) is 11.0. The number of hydrogen-bond acceptors (Lipinski definition) is 2. The maximum Gasteiger partial charge on any atom is 0.255 e. The van der Waals surface area contributed by atoms with Crippen molar-refractivity contribution in [3.05, 3.63) is 63.7 Å². The van der Waals surface area contributed by atoms with E-state index in [2.05, 4.69) is 15.2 Å². The minimum absolute atomic E-state index is 0.139. The third-order valence-corrected chi connectivity index (χ3v) is 3.37. The van der Waals surface area contributed by atoms with Crippen molar-refractivity contribution in [2.24, 2.45) is 0 Å². The van der Waals surface area contributed by atoms with Crippen LogP contribution < -0.4 is 5.56 Å². The Hall–Kier alpha value is -2.33. The Bertz CT molecular complexity index is 820. The number of halogens is 1. The van der Waals surface area contributed by atoms with E-state index in [-0.39, 0.29) is 5.56 Å². The predicted molar refractivity (Wildman–Crippen MR) is 79.8 cm³/mol. The van der Waals surface area contributed by atoms with E-state index in [0.717, 1.165) is 22.5 Å². The number of hydrogen-bond donors (Lipinski definition) is 2. The summed E-state index contributed by atoms with van der Waals surface area (Å²) >= 11 is 6.03. The molecule has 2 aromatic heterocycles. The van der Waals surface area contributed by atoms with Crippen molar-refractivity contribution in [2.75, 3.05) is 0 Å². The van der Waals surface area contributed by atoms with Crippen LogP contribution in [0.2, 0.25) is 5.02 Å². The van der Waals surface area contributed by atoms with Crippen LogP contribution in [0, 0.1) is 6.92 Å². The molecular formula is C15H12ClN3O. The molecule has 3 aromatic rings. The molecule has 0 radical (unpaired) electrons. The lowest BCUT2D eigenvalue weighted by Crippen LogP contribution is -2.07. The highest BCUT2D eigenvalue weighted by atomic mass is 35.5. The minimum Gasteiger partial charge on any atom is -0.329 e. The molecule has 0 saturated carbocycles. The van der Waals surface area contributed by atoms with Crippen molar-refractivity contribution in [3.8, 4) is 22.4 Å². The molecule has 0 atom stereocenters. The van der Waals surface area contributed by atoms with E-state index in [1.165, 1.54) is 0 Å². The van der Waals surface area contributed by atoms with Gasteiger partial charge < -0.3 is 4.98 Å². The van der Waals surface area contributed by atoms with Crippen molar-refractivity contribution in [3.63, 3.8) is 0 Å². The fourth-order valence-corrected chi connectivity index (χ4v) is 2.41. The highest BCUT2D eigenvalue weighted by Crippen LogP contribution is 2.31. The summed E-state index contributed by atoms with van der Waals surface area (Å²) in [5, 5.41) is 7.88. The summed E-state index contributed by atoms with van der Waals surface area (Å²) in [5.41, 5.74) is 3.70. The number of aromatic nitrogens is 3. The Morgan fingerprint density at radius 3 is 2.80 bits per heavy atom. The first-order valence-electron chi connectivity index (χ1n) is 6.16. The first-order valence-corrected chi connectivity index (χ1v) is 6.53. The molecule has 0 saturated heterocycles. The largest absolute Gasteiger partial charge is 0.329 e. The van der Waals surface area contributed by atoms with Crippen LogP contribution in [0.25, 0.3) is 22.4 Å². The Kier molecular flexibility index (Phi) is 3.16. The lowest BCUT2D eigenvalue weighted by atomic mass is 10.0. The molecule has 20 heavy (non-hydrogen) atoms. The summed E-state index contributed by atoms with van der Waals surface area (Å²) in [6.45, 7) is 1.89. The molecule has 0 spiro atoms. The molecule has 0 fully saturated rings. The van der Waals surface area contributed by atoms with Gasteiger partial charge in [0, 0.05) is 28.0 Å². The summed E-state index contributed by atoms with van der Waals surface area (Å²) < 4.78 is 0. The molecule has 0 aliphatic heterocycles. The van der Waals surface area contributed by atoms with Crippen LogP contribution in [-0.4, -0.2) is 15.2 Å². The Labute approximate surface area is 120 Å². The average Bonchev–Trinajstić information content (AvgIpc) is 2.81. The first kappa shape index (κ1) is 12.7. The van der Waals surface area contributed by atoms with Gasteiger partial charge in [-0.15, -0.1) is 0 Å². The van der Waals surface area contributed by atoms with Crippen molar-refractivity contribution < 1.29 is 0 Å². The van der Waals surface area contributed by atoms with E-state index in [9.17, 15) is 4.79 Å². The maximum absolute atomic E-state index is 12.0. The van der Waals surface area contributed by atoms with Gasteiger partial charge in [-0.2, -0.15) is 5.10 Å². The van der Waals surface area contributed by atoms with Gasteiger partial charge in [-0.25, -0.2) is 0 Å². The fraction of sp³-hybridized carbons (Fsp3) is 0.0667. The Morgan fingerprint density at radius 2 is 2.05 bits per heavy atom. The van der Waals surface area contributed by atoms with E-state index < -0.39 is 0 Å². The van der Waals surface area contributed by atoms with Crippen LogP contribution in [0.5, 0.6) is 0 Å². The summed E-state index contributed by atoms with van der Waals surface area (Å²) in [6.07, 6.45) is 1.61. The van der Waals surface area contributed by atoms with Crippen LogP contribution in [0.4, 0.5) is 0 Å². The number of aryl methyl sites for hydroxylation is 1. The molecule has 5 heteroatoms. The number of nitrogens with zero attached hydrogens (tertiary/aromatic N) is 1. The van der Waals surface area contributed by atoms with Gasteiger partial charge in [0.2, 0.25) is 0 Å². The third kappa shape index (κ3) is 2.14. The van der Waals surface area contributed by atoms with Crippen molar-refractivity contribution in [2.45, 2.75) is 6.92 Å². The zero-order valence-electron chi connectivity index (χ0n) is 10.8. The highest BCUT2D eigenvalue weighted by Gasteiger charge is 2.16. The van der Waals surface area contributed by atoms with Crippen LogP contribution in [0.15, 0.2) is 47.4 Å². The molecule has 2 N–H and O–H groups in total. The number of nitrogens with one attached hydrogen (secondary N) is 2. The third-order valence-electron chi connectivity index (χ3n) is 3.13. The molecular weight excluding hydrogens is 274 g/mol. The molecule has 3 rings (SSSR count). The van der Waals surface area contributed by atoms with Crippen molar-refractivity contribution >= 4 is 11.6 Å². The molecule has 0 bridgehead atoms. The number of aromatic amines is 2. The molecule has 0 aliphatic carbocycles. The number of rotatable bonds is 2. The van der Waals surface area contributed by atoms with Gasteiger partial charge in [0.1, 0.15) is 5.69 Å². The minimum atomic E-state index is -0.139. The second-order valence-electron chi connectivity index (χ2n) is 4.50. The van der Waals surface area contributed by atoms with Crippen molar-refractivity contribution in [1.82, 2.24) is 15.2 Å². The Morgan fingerprint density at radius 1 is 1.20 bits per heavy atom. The molecule has 100 valence electrons. The molecule has 0 amide bonds. The van der Waals surface area contributed by atoms with Gasteiger partial charge in [0.15, 0.2) is 0 Å². The quantitative estimate of drug-likeness (QED) is 0.758. The van der Waals surface area contributed by atoms with Gasteiger partial charge in [0.05, 0.1) is 5.56 Å². The molecule has 0 unspecified atom stereocenters. The molecule has 1 aromatic carbocycles. The van der Waals surface area contributed by atoms with Crippen LogP contribution in [-0.2, 0) is 0 Å². The van der Waals surface area contributed by atoms with E-state index in [0.29, 0.717) is 10.6 Å². The average molecular weight is 286 g/mol. The predicted octanol–water partition coefficient (Wildman–Crippen LogP) is 3.39. The van der Waals surface area contributed by atoms with Gasteiger partial charge in [0.25, 0.3) is 5.56 Å². The van der Waals surface area contributed by atoms with Crippen LogP contribution >= 0.6 is 11.6 Å². The van der Waals surface area contributed by atoms with Gasteiger partial charge in [-0.3, -0.25) is 9.89 Å². The summed E-state index contributed by atoms with van der Waals surface area (Å²) in [7, 11) is 0. The molecule has 2 heterocycles. The van der Waals surface area contributed by atoms with Gasteiger partial charge >= 0.3 is 0 Å². The summed E-state index contributed by atoms with van der Waals surface area (Å²) in [5.74, 6) is 0. The zero-order valence-corrected chi connectivity index (χ0v) is 11.5.